The Kier molecular flexibility index (Phi) is 4.57. The molecule has 6 nitrogen and oxygen atoms in total. The Morgan fingerprint density at radius 2 is 1.87 bits per heavy atom. The van der Waals surface area contributed by atoms with Crippen LogP contribution in [0.15, 0.2) is 72.0 Å². The number of halogens is 2. The first kappa shape index (κ1) is 19.6. The highest BCUT2D eigenvalue weighted by Crippen LogP contribution is 2.40. The molecule has 0 saturated carbocycles. The highest BCUT2D eigenvalue weighted by molar-refractivity contribution is 6.08. The lowest BCUT2D eigenvalue weighted by molar-refractivity contribution is -0.129. The Morgan fingerprint density at radius 3 is 2.43 bits per heavy atom. The van der Waals surface area contributed by atoms with Crippen molar-refractivity contribution in [3.8, 4) is 11.3 Å². The summed E-state index contributed by atoms with van der Waals surface area (Å²) in [6.45, 7) is 0.792. The van der Waals surface area contributed by atoms with Gasteiger partial charge in [-0.3, -0.25) is 19.7 Å². The van der Waals surface area contributed by atoms with Crippen molar-refractivity contribution in [2.45, 2.75) is 18.4 Å². The van der Waals surface area contributed by atoms with Gasteiger partial charge >= 0.3 is 0 Å². The fourth-order valence-corrected chi connectivity index (χ4v) is 3.45. The maximum Gasteiger partial charge on any atom is 0.272 e. The normalized spacial score (nSPS) is 19.1. The van der Waals surface area contributed by atoms with Gasteiger partial charge in [0, 0.05) is 37.5 Å². The quantitative estimate of drug-likeness (QED) is 0.719. The fourth-order valence-electron chi connectivity index (χ4n) is 3.45. The summed E-state index contributed by atoms with van der Waals surface area (Å²) in [5, 5.41) is 0. The molecule has 0 aliphatic carbocycles. The maximum atomic E-state index is 13.7. The first-order valence-electron chi connectivity index (χ1n) is 9.24. The first-order valence-corrected chi connectivity index (χ1v) is 9.24. The van der Waals surface area contributed by atoms with Gasteiger partial charge in [0.15, 0.2) is 5.96 Å². The number of carbonyl (C=O) groups excluding carboxylic acids is 1. The highest BCUT2D eigenvalue weighted by atomic mass is 19.3. The van der Waals surface area contributed by atoms with Gasteiger partial charge in [-0.25, -0.2) is 13.8 Å². The third kappa shape index (κ3) is 3.10. The number of rotatable bonds is 4. The number of pyridine rings is 2. The Bertz CT molecular complexity index is 1130. The van der Waals surface area contributed by atoms with Crippen LogP contribution in [-0.4, -0.2) is 33.8 Å². The van der Waals surface area contributed by atoms with Gasteiger partial charge in [-0.1, -0.05) is 24.3 Å². The number of guanidine groups is 1. The van der Waals surface area contributed by atoms with E-state index in [1.807, 2.05) is 24.3 Å². The second-order valence-corrected chi connectivity index (χ2v) is 7.16. The van der Waals surface area contributed by atoms with Crippen molar-refractivity contribution in [3.63, 3.8) is 0 Å². The molecule has 4 rings (SSSR count). The summed E-state index contributed by atoms with van der Waals surface area (Å²) in [5.74, 6) is -3.44. The average molecular weight is 407 g/mol. The molecule has 1 unspecified atom stereocenters. The minimum absolute atomic E-state index is 0.0231. The highest BCUT2D eigenvalue weighted by Gasteiger charge is 2.51. The number of amides is 1. The van der Waals surface area contributed by atoms with E-state index in [-0.39, 0.29) is 17.2 Å². The number of hydrogen-bond donors (Lipinski definition) is 1. The van der Waals surface area contributed by atoms with Crippen LogP contribution in [-0.2, 0) is 16.3 Å². The molecule has 1 aliphatic rings. The van der Waals surface area contributed by atoms with E-state index in [0.29, 0.717) is 5.56 Å². The zero-order valence-corrected chi connectivity index (χ0v) is 16.4. The summed E-state index contributed by atoms with van der Waals surface area (Å²) in [5.41, 5.74) is 6.38. The number of carbonyl (C=O) groups is 1. The predicted molar refractivity (Wildman–Crippen MR) is 109 cm³/mol. The number of benzene rings is 1. The van der Waals surface area contributed by atoms with Crippen molar-refractivity contribution in [2.75, 3.05) is 7.05 Å². The second-order valence-electron chi connectivity index (χ2n) is 7.16. The number of likely N-dealkylation sites (N-methyl/N-ethyl adjacent to an activating group) is 1. The number of aliphatic imine (C=N–C) groups is 1. The number of nitrogens with zero attached hydrogens (tertiary/aromatic N) is 4. The molecule has 0 saturated heterocycles. The molecule has 3 heterocycles. The van der Waals surface area contributed by atoms with Gasteiger partial charge in [0.1, 0.15) is 0 Å². The molecule has 1 aromatic carbocycles. The number of nitrogens with two attached hydrogens (primary N) is 1. The molecule has 1 atom stereocenters. The van der Waals surface area contributed by atoms with Gasteiger partial charge in [0.05, 0.1) is 11.4 Å². The standard InChI is InChI=1S/C22H19F2N5O/c1-21(23,24)16-9-10-18(27-13-16)22(19(30)29(2)20(25)28-22)15-7-5-6-14(12-15)17-8-3-4-11-26-17/h3-13H,1-2H3,(H2,25,28). The maximum absolute atomic E-state index is 13.7. The summed E-state index contributed by atoms with van der Waals surface area (Å²) in [6, 6.07) is 15.4. The zero-order chi connectivity index (χ0) is 21.5. The van der Waals surface area contributed by atoms with E-state index in [1.54, 1.807) is 24.4 Å². The van der Waals surface area contributed by atoms with Crippen molar-refractivity contribution in [3.05, 3.63) is 83.8 Å². The van der Waals surface area contributed by atoms with Crippen LogP contribution >= 0.6 is 0 Å². The number of alkyl halides is 2. The third-order valence-electron chi connectivity index (χ3n) is 5.12. The van der Waals surface area contributed by atoms with Crippen LogP contribution < -0.4 is 5.73 Å². The molecule has 30 heavy (non-hydrogen) atoms. The van der Waals surface area contributed by atoms with Gasteiger partial charge in [-0.05, 0) is 35.9 Å². The van der Waals surface area contributed by atoms with Crippen molar-refractivity contribution in [1.82, 2.24) is 14.9 Å². The lowest BCUT2D eigenvalue weighted by Gasteiger charge is -2.26. The van der Waals surface area contributed by atoms with E-state index in [9.17, 15) is 13.6 Å². The molecule has 0 radical (unpaired) electrons. The van der Waals surface area contributed by atoms with Gasteiger partial charge in [-0.2, -0.15) is 0 Å². The molecule has 0 spiro atoms. The van der Waals surface area contributed by atoms with Crippen LogP contribution in [0, 0.1) is 0 Å². The zero-order valence-electron chi connectivity index (χ0n) is 16.4. The molecule has 8 heteroatoms. The molecular weight excluding hydrogens is 388 g/mol. The van der Waals surface area contributed by atoms with Gasteiger partial charge in [0.2, 0.25) is 5.54 Å². The van der Waals surface area contributed by atoms with Crippen LogP contribution in [0.25, 0.3) is 11.3 Å². The SMILES string of the molecule is CN1C(=O)C(c2cccc(-c3ccccn3)c2)(c2ccc(C(C)(F)F)cn2)N=C1N. The van der Waals surface area contributed by atoms with Crippen LogP contribution in [0.2, 0.25) is 0 Å². The molecule has 0 bridgehead atoms. The summed E-state index contributed by atoms with van der Waals surface area (Å²) < 4.78 is 27.3. The molecule has 0 fully saturated rings. The molecule has 2 N–H and O–H groups in total. The van der Waals surface area contributed by atoms with Crippen LogP contribution in [0.1, 0.15) is 23.7 Å². The van der Waals surface area contributed by atoms with E-state index in [1.165, 1.54) is 24.1 Å². The fraction of sp³-hybridized carbons (Fsp3) is 0.182. The third-order valence-corrected chi connectivity index (χ3v) is 5.12. The van der Waals surface area contributed by atoms with Gasteiger partial charge in [-0.15, -0.1) is 0 Å². The Morgan fingerprint density at radius 1 is 1.07 bits per heavy atom. The van der Waals surface area contributed by atoms with Crippen molar-refractivity contribution < 1.29 is 13.6 Å². The molecule has 3 aromatic rings. The molecule has 2 aromatic heterocycles. The van der Waals surface area contributed by atoms with Crippen LogP contribution in [0.5, 0.6) is 0 Å². The molecular formula is C22H19F2N5O. The van der Waals surface area contributed by atoms with Crippen LogP contribution in [0.3, 0.4) is 0 Å². The summed E-state index contributed by atoms with van der Waals surface area (Å²) >= 11 is 0. The molecule has 152 valence electrons. The lowest BCUT2D eigenvalue weighted by atomic mass is 9.84. The van der Waals surface area contributed by atoms with Crippen molar-refractivity contribution in [2.24, 2.45) is 10.7 Å². The van der Waals surface area contributed by atoms with Crippen LogP contribution in [0.4, 0.5) is 8.78 Å². The smallest absolute Gasteiger partial charge is 0.272 e. The minimum Gasteiger partial charge on any atom is -0.369 e. The van der Waals surface area contributed by atoms with E-state index in [4.69, 9.17) is 5.73 Å². The molecule has 1 amide bonds. The van der Waals surface area contributed by atoms with Gasteiger partial charge in [0.25, 0.3) is 11.8 Å². The Hall–Kier alpha value is -3.68. The average Bonchev–Trinajstić information content (AvgIpc) is 2.99. The summed E-state index contributed by atoms with van der Waals surface area (Å²) in [7, 11) is 1.51. The Labute approximate surface area is 172 Å². The van der Waals surface area contributed by atoms with Crippen molar-refractivity contribution >= 4 is 11.9 Å². The largest absolute Gasteiger partial charge is 0.369 e. The number of hydrogen-bond acceptors (Lipinski definition) is 5. The lowest BCUT2D eigenvalue weighted by Crippen LogP contribution is -2.41. The first-order chi connectivity index (χ1) is 14.2. The second kappa shape index (κ2) is 6.98. The minimum atomic E-state index is -3.05. The van der Waals surface area contributed by atoms with E-state index >= 15 is 0 Å². The van der Waals surface area contributed by atoms with E-state index in [2.05, 4.69) is 15.0 Å². The predicted octanol–water partition coefficient (Wildman–Crippen LogP) is 3.29. The number of aromatic nitrogens is 2. The summed E-state index contributed by atoms with van der Waals surface area (Å²) in [6.07, 6.45) is 2.74. The van der Waals surface area contributed by atoms with Gasteiger partial charge < -0.3 is 5.73 Å². The molecule has 1 aliphatic heterocycles. The summed E-state index contributed by atoms with van der Waals surface area (Å²) in [4.78, 5) is 27.5. The Balaban J connectivity index is 1.90. The van der Waals surface area contributed by atoms with E-state index < -0.39 is 17.4 Å². The monoisotopic (exact) mass is 407 g/mol. The van der Waals surface area contributed by atoms with Crippen molar-refractivity contribution in [1.29, 1.82) is 0 Å². The topological polar surface area (TPSA) is 84.5 Å². The van der Waals surface area contributed by atoms with E-state index in [0.717, 1.165) is 24.4 Å².